The van der Waals surface area contributed by atoms with Crippen LogP contribution in [0.3, 0.4) is 0 Å². The maximum Gasteiger partial charge on any atom is 0.130 e. The van der Waals surface area contributed by atoms with Crippen molar-refractivity contribution in [2.24, 2.45) is 0 Å². The topological polar surface area (TPSA) is 43.5 Å². The van der Waals surface area contributed by atoms with E-state index in [0.29, 0.717) is 13.2 Å². The molecule has 2 atom stereocenters. The first-order chi connectivity index (χ1) is 10.3. The maximum atomic E-state index is 5.96. The van der Waals surface area contributed by atoms with Gasteiger partial charge in [0.15, 0.2) is 0 Å². The molecule has 2 aromatic rings. The highest BCUT2D eigenvalue weighted by Crippen LogP contribution is 2.35. The summed E-state index contributed by atoms with van der Waals surface area (Å²) in [6.45, 7) is 4.90. The van der Waals surface area contributed by atoms with Crippen LogP contribution in [0.4, 0.5) is 0 Å². The van der Waals surface area contributed by atoms with E-state index in [1.54, 1.807) is 0 Å². The minimum absolute atomic E-state index is 0.256. The SMILES string of the molecule is Cc1ccc2c(OCC3CO3)cccc2c1OCC1CO1. The first kappa shape index (κ1) is 12.9. The van der Waals surface area contributed by atoms with E-state index in [1.165, 1.54) is 0 Å². The van der Waals surface area contributed by atoms with Crippen LogP contribution in [0, 0.1) is 6.92 Å². The van der Waals surface area contributed by atoms with Crippen LogP contribution in [0.15, 0.2) is 30.3 Å². The summed E-state index contributed by atoms with van der Waals surface area (Å²) in [4.78, 5) is 0. The van der Waals surface area contributed by atoms with E-state index in [9.17, 15) is 0 Å². The van der Waals surface area contributed by atoms with E-state index in [0.717, 1.165) is 41.0 Å². The van der Waals surface area contributed by atoms with Crippen molar-refractivity contribution in [3.05, 3.63) is 35.9 Å². The lowest BCUT2D eigenvalue weighted by molar-refractivity contribution is 0.262. The van der Waals surface area contributed by atoms with E-state index >= 15 is 0 Å². The molecule has 2 aliphatic rings. The van der Waals surface area contributed by atoms with Gasteiger partial charge in [-0.1, -0.05) is 24.3 Å². The van der Waals surface area contributed by atoms with Crippen LogP contribution in [-0.2, 0) is 9.47 Å². The molecule has 4 rings (SSSR count). The molecule has 4 heteroatoms. The van der Waals surface area contributed by atoms with Gasteiger partial charge in [0.25, 0.3) is 0 Å². The molecule has 2 heterocycles. The zero-order valence-electron chi connectivity index (χ0n) is 12.0. The van der Waals surface area contributed by atoms with E-state index in [2.05, 4.69) is 25.1 Å². The number of fused-ring (bicyclic) bond motifs is 1. The summed E-state index contributed by atoms with van der Waals surface area (Å²) in [6.07, 6.45) is 0.513. The van der Waals surface area contributed by atoms with Gasteiger partial charge >= 0.3 is 0 Å². The van der Waals surface area contributed by atoms with Gasteiger partial charge in [0.1, 0.15) is 36.9 Å². The van der Waals surface area contributed by atoms with Crippen molar-refractivity contribution < 1.29 is 18.9 Å². The number of ether oxygens (including phenoxy) is 4. The van der Waals surface area contributed by atoms with Crippen LogP contribution in [0.25, 0.3) is 10.8 Å². The second kappa shape index (κ2) is 5.20. The lowest BCUT2D eigenvalue weighted by Crippen LogP contribution is -2.06. The molecule has 2 saturated heterocycles. The Hall–Kier alpha value is -1.78. The Morgan fingerprint density at radius 3 is 2.38 bits per heavy atom. The first-order valence-corrected chi connectivity index (χ1v) is 7.32. The Bertz CT molecular complexity index is 659. The monoisotopic (exact) mass is 286 g/mol. The van der Waals surface area contributed by atoms with Gasteiger partial charge in [-0.3, -0.25) is 0 Å². The van der Waals surface area contributed by atoms with Gasteiger partial charge in [0, 0.05) is 10.8 Å². The minimum Gasteiger partial charge on any atom is -0.490 e. The molecule has 0 saturated carbocycles. The fourth-order valence-electron chi connectivity index (χ4n) is 2.42. The molecule has 0 radical (unpaired) electrons. The Labute approximate surface area is 123 Å². The largest absolute Gasteiger partial charge is 0.490 e. The smallest absolute Gasteiger partial charge is 0.130 e. The second-order valence-corrected chi connectivity index (χ2v) is 5.60. The fourth-order valence-corrected chi connectivity index (χ4v) is 2.42. The lowest BCUT2D eigenvalue weighted by atomic mass is 10.1. The van der Waals surface area contributed by atoms with Crippen LogP contribution < -0.4 is 9.47 Å². The summed E-state index contributed by atoms with van der Waals surface area (Å²) in [5.41, 5.74) is 1.13. The molecular weight excluding hydrogens is 268 g/mol. The lowest BCUT2D eigenvalue weighted by Gasteiger charge is -2.14. The van der Waals surface area contributed by atoms with Gasteiger partial charge in [-0.25, -0.2) is 0 Å². The van der Waals surface area contributed by atoms with Crippen LogP contribution in [0.1, 0.15) is 5.56 Å². The Kier molecular flexibility index (Phi) is 3.20. The maximum absolute atomic E-state index is 5.96. The van der Waals surface area contributed by atoms with Crippen LogP contribution in [0.5, 0.6) is 11.5 Å². The summed E-state index contributed by atoms with van der Waals surface area (Å²) >= 11 is 0. The zero-order valence-corrected chi connectivity index (χ0v) is 12.0. The van der Waals surface area contributed by atoms with Crippen molar-refractivity contribution in [3.63, 3.8) is 0 Å². The van der Waals surface area contributed by atoms with Crippen molar-refractivity contribution >= 4 is 10.8 Å². The summed E-state index contributed by atoms with van der Waals surface area (Å²) in [7, 11) is 0. The van der Waals surface area contributed by atoms with Crippen molar-refractivity contribution in [1.29, 1.82) is 0 Å². The Balaban J connectivity index is 1.65. The molecule has 0 N–H and O–H groups in total. The van der Waals surface area contributed by atoms with E-state index < -0.39 is 0 Å². The molecule has 2 unspecified atom stereocenters. The highest BCUT2D eigenvalue weighted by atomic mass is 16.6. The molecule has 21 heavy (non-hydrogen) atoms. The van der Waals surface area contributed by atoms with Crippen molar-refractivity contribution in [1.82, 2.24) is 0 Å². The first-order valence-electron chi connectivity index (χ1n) is 7.32. The third kappa shape index (κ3) is 2.82. The zero-order chi connectivity index (χ0) is 14.2. The van der Waals surface area contributed by atoms with E-state index in [4.69, 9.17) is 18.9 Å². The van der Waals surface area contributed by atoms with Crippen LogP contribution in [0.2, 0.25) is 0 Å². The van der Waals surface area contributed by atoms with Crippen LogP contribution in [-0.4, -0.2) is 38.6 Å². The third-order valence-corrected chi connectivity index (χ3v) is 3.81. The molecule has 0 amide bonds. The summed E-state index contributed by atoms with van der Waals surface area (Å²) in [5.74, 6) is 1.81. The number of epoxide rings is 2. The second-order valence-electron chi connectivity index (χ2n) is 5.60. The quantitative estimate of drug-likeness (QED) is 0.766. The average Bonchev–Trinajstić information content (AvgIpc) is 3.37. The van der Waals surface area contributed by atoms with Gasteiger partial charge in [0.2, 0.25) is 0 Å². The summed E-state index contributed by atoms with van der Waals surface area (Å²) in [6, 6.07) is 10.2. The van der Waals surface area contributed by atoms with E-state index in [-0.39, 0.29) is 12.2 Å². The summed E-state index contributed by atoms with van der Waals surface area (Å²) < 4.78 is 22.2. The van der Waals surface area contributed by atoms with Gasteiger partial charge in [0.05, 0.1) is 13.2 Å². The number of benzene rings is 2. The highest BCUT2D eigenvalue weighted by molar-refractivity contribution is 5.94. The average molecular weight is 286 g/mol. The molecule has 2 aliphatic heterocycles. The third-order valence-electron chi connectivity index (χ3n) is 3.81. The van der Waals surface area contributed by atoms with Crippen molar-refractivity contribution in [2.45, 2.75) is 19.1 Å². The summed E-state index contributed by atoms with van der Waals surface area (Å²) in [5, 5.41) is 2.17. The molecule has 2 aromatic carbocycles. The molecule has 0 bridgehead atoms. The molecule has 0 aromatic heterocycles. The highest BCUT2D eigenvalue weighted by Gasteiger charge is 2.25. The standard InChI is InChI=1S/C17H18O4/c1-11-5-6-14-15(17(11)21-10-13-8-19-13)3-2-4-16(14)20-9-12-7-18-12/h2-6,12-13H,7-10H2,1H3. The van der Waals surface area contributed by atoms with Gasteiger partial charge in [-0.2, -0.15) is 0 Å². The van der Waals surface area contributed by atoms with Crippen LogP contribution >= 0.6 is 0 Å². The van der Waals surface area contributed by atoms with Gasteiger partial charge < -0.3 is 18.9 Å². The number of hydrogen-bond donors (Lipinski definition) is 0. The van der Waals surface area contributed by atoms with Gasteiger partial charge in [-0.15, -0.1) is 0 Å². The Morgan fingerprint density at radius 2 is 1.67 bits per heavy atom. The van der Waals surface area contributed by atoms with Crippen molar-refractivity contribution in [3.8, 4) is 11.5 Å². The Morgan fingerprint density at radius 1 is 0.952 bits per heavy atom. The van der Waals surface area contributed by atoms with Crippen molar-refractivity contribution in [2.75, 3.05) is 26.4 Å². The molecule has 2 fully saturated rings. The predicted octanol–water partition coefficient (Wildman–Crippen LogP) is 2.70. The normalized spacial score (nSPS) is 23.1. The predicted molar refractivity (Wildman–Crippen MR) is 79.2 cm³/mol. The molecule has 0 spiro atoms. The molecule has 0 aliphatic carbocycles. The molecular formula is C17H18O4. The number of hydrogen-bond acceptors (Lipinski definition) is 4. The minimum atomic E-state index is 0.256. The van der Waals surface area contributed by atoms with Gasteiger partial charge in [-0.05, 0) is 18.6 Å². The fraction of sp³-hybridized carbons (Fsp3) is 0.412. The molecule has 110 valence electrons. The number of aryl methyl sites for hydroxylation is 1. The number of rotatable bonds is 6. The molecule has 4 nitrogen and oxygen atoms in total. The van der Waals surface area contributed by atoms with E-state index in [1.807, 2.05) is 12.1 Å².